The number of rotatable bonds is 5. The van der Waals surface area contributed by atoms with Crippen LogP contribution in [0.4, 0.5) is 0 Å². The third kappa shape index (κ3) is 4.11. The number of carbonyl (C=O) groups excluding carboxylic acids is 1. The Labute approximate surface area is 100 Å². The van der Waals surface area contributed by atoms with Gasteiger partial charge in [0.2, 0.25) is 5.91 Å². The van der Waals surface area contributed by atoms with E-state index >= 15 is 0 Å². The first kappa shape index (κ1) is 12.8. The van der Waals surface area contributed by atoms with E-state index in [4.69, 9.17) is 16.7 Å². The molecule has 0 spiro atoms. The van der Waals surface area contributed by atoms with Crippen LogP contribution in [0.25, 0.3) is 0 Å². The summed E-state index contributed by atoms with van der Waals surface area (Å²) >= 11 is 5.93. The van der Waals surface area contributed by atoms with Gasteiger partial charge in [-0.1, -0.05) is 24.6 Å². The van der Waals surface area contributed by atoms with Gasteiger partial charge in [-0.25, -0.2) is 0 Å². The molecule has 0 atom stereocenters. The first-order valence-corrected chi connectivity index (χ1v) is 5.75. The highest BCUT2D eigenvalue weighted by Crippen LogP contribution is 2.22. The van der Waals surface area contributed by atoms with Gasteiger partial charge >= 0.3 is 0 Å². The van der Waals surface area contributed by atoms with Crippen molar-refractivity contribution in [3.05, 3.63) is 28.8 Å². The van der Waals surface area contributed by atoms with Crippen LogP contribution in [0.5, 0.6) is 5.75 Å². The lowest BCUT2D eigenvalue weighted by molar-refractivity contribution is -0.121. The van der Waals surface area contributed by atoms with Crippen LogP contribution in [0.15, 0.2) is 18.2 Å². The Kier molecular flexibility index (Phi) is 5.12. The lowest BCUT2D eigenvalue weighted by Crippen LogP contribution is -2.24. The van der Waals surface area contributed by atoms with Crippen LogP contribution >= 0.6 is 11.6 Å². The lowest BCUT2D eigenvalue weighted by atomic mass is 10.1. The Bertz CT molecular complexity index is 366. The van der Waals surface area contributed by atoms with Gasteiger partial charge in [-0.2, -0.15) is 0 Å². The van der Waals surface area contributed by atoms with Gasteiger partial charge in [0.15, 0.2) is 0 Å². The van der Waals surface area contributed by atoms with E-state index in [0.29, 0.717) is 24.4 Å². The van der Waals surface area contributed by atoms with Crippen molar-refractivity contribution < 1.29 is 9.90 Å². The SMILES string of the molecule is CCCNC(=O)CCc1ccc(O)cc1Cl. The van der Waals surface area contributed by atoms with Gasteiger partial charge in [-0.05, 0) is 30.5 Å². The predicted molar refractivity (Wildman–Crippen MR) is 64.7 cm³/mol. The molecule has 0 aromatic heterocycles. The maximum absolute atomic E-state index is 11.3. The summed E-state index contributed by atoms with van der Waals surface area (Å²) < 4.78 is 0. The minimum absolute atomic E-state index is 0.0333. The number of aromatic hydroxyl groups is 1. The summed E-state index contributed by atoms with van der Waals surface area (Å²) in [4.78, 5) is 11.3. The highest BCUT2D eigenvalue weighted by molar-refractivity contribution is 6.31. The topological polar surface area (TPSA) is 49.3 Å². The molecule has 0 aliphatic rings. The molecule has 1 aromatic carbocycles. The number of hydrogen-bond donors (Lipinski definition) is 2. The number of halogens is 1. The summed E-state index contributed by atoms with van der Waals surface area (Å²) in [6.45, 7) is 2.72. The zero-order valence-corrected chi connectivity index (χ0v) is 10.0. The van der Waals surface area contributed by atoms with Crippen LogP contribution in [0, 0.1) is 0 Å². The number of carbonyl (C=O) groups is 1. The summed E-state index contributed by atoms with van der Waals surface area (Å²) in [5.74, 6) is 0.176. The Balaban J connectivity index is 2.45. The van der Waals surface area contributed by atoms with Gasteiger partial charge in [-0.3, -0.25) is 4.79 Å². The van der Waals surface area contributed by atoms with Crippen molar-refractivity contribution in [3.63, 3.8) is 0 Å². The molecular weight excluding hydrogens is 226 g/mol. The van der Waals surface area contributed by atoms with Gasteiger partial charge in [0.25, 0.3) is 0 Å². The van der Waals surface area contributed by atoms with Crippen molar-refractivity contribution >= 4 is 17.5 Å². The summed E-state index contributed by atoms with van der Waals surface area (Å²) in [5.41, 5.74) is 0.881. The largest absolute Gasteiger partial charge is 0.508 e. The van der Waals surface area contributed by atoms with E-state index in [9.17, 15) is 4.79 Å². The maximum Gasteiger partial charge on any atom is 0.220 e. The van der Waals surface area contributed by atoms with E-state index in [1.54, 1.807) is 12.1 Å². The maximum atomic E-state index is 11.3. The molecule has 4 heteroatoms. The first-order chi connectivity index (χ1) is 7.63. The average molecular weight is 242 g/mol. The van der Waals surface area contributed by atoms with Crippen molar-refractivity contribution in [1.82, 2.24) is 5.32 Å². The van der Waals surface area contributed by atoms with Gasteiger partial charge in [0.05, 0.1) is 0 Å². The molecule has 16 heavy (non-hydrogen) atoms. The van der Waals surface area contributed by atoms with Crippen molar-refractivity contribution in [2.75, 3.05) is 6.54 Å². The Morgan fingerprint density at radius 1 is 1.50 bits per heavy atom. The van der Waals surface area contributed by atoms with Crippen molar-refractivity contribution in [2.24, 2.45) is 0 Å². The normalized spacial score (nSPS) is 10.1. The van der Waals surface area contributed by atoms with Crippen molar-refractivity contribution in [2.45, 2.75) is 26.2 Å². The Hall–Kier alpha value is -1.22. The number of benzene rings is 1. The molecule has 0 radical (unpaired) electrons. The minimum Gasteiger partial charge on any atom is -0.508 e. The molecule has 0 saturated carbocycles. The molecule has 3 nitrogen and oxygen atoms in total. The van der Waals surface area contributed by atoms with E-state index in [0.717, 1.165) is 12.0 Å². The van der Waals surface area contributed by atoms with Gasteiger partial charge in [-0.15, -0.1) is 0 Å². The number of phenols is 1. The second kappa shape index (κ2) is 6.38. The van der Waals surface area contributed by atoms with Gasteiger partial charge in [0.1, 0.15) is 5.75 Å². The van der Waals surface area contributed by atoms with Crippen molar-refractivity contribution in [1.29, 1.82) is 0 Å². The summed E-state index contributed by atoms with van der Waals surface area (Å²) in [5, 5.41) is 12.5. The fourth-order valence-electron chi connectivity index (χ4n) is 1.34. The molecule has 0 unspecified atom stereocenters. The van der Waals surface area contributed by atoms with Gasteiger partial charge < -0.3 is 10.4 Å². The van der Waals surface area contributed by atoms with Crippen LogP contribution in [-0.2, 0) is 11.2 Å². The summed E-state index contributed by atoms with van der Waals surface area (Å²) in [6, 6.07) is 4.80. The third-order valence-electron chi connectivity index (χ3n) is 2.23. The molecule has 1 aromatic rings. The highest BCUT2D eigenvalue weighted by Gasteiger charge is 2.05. The highest BCUT2D eigenvalue weighted by atomic mass is 35.5. The fraction of sp³-hybridized carbons (Fsp3) is 0.417. The van der Waals surface area contributed by atoms with E-state index in [1.165, 1.54) is 6.07 Å². The van der Waals surface area contributed by atoms with Gasteiger partial charge in [0, 0.05) is 18.0 Å². The van der Waals surface area contributed by atoms with Crippen LogP contribution in [-0.4, -0.2) is 17.6 Å². The number of phenolic OH excluding ortho intramolecular Hbond substituents is 1. The minimum atomic E-state index is 0.0333. The van der Waals surface area contributed by atoms with E-state index in [-0.39, 0.29) is 11.7 Å². The molecule has 0 aliphatic heterocycles. The van der Waals surface area contributed by atoms with Crippen LogP contribution in [0.2, 0.25) is 5.02 Å². The number of nitrogens with one attached hydrogen (secondary N) is 1. The molecule has 2 N–H and O–H groups in total. The number of hydrogen-bond acceptors (Lipinski definition) is 2. The first-order valence-electron chi connectivity index (χ1n) is 5.37. The molecule has 0 saturated heterocycles. The standard InChI is InChI=1S/C12H16ClNO2/c1-2-7-14-12(16)6-4-9-3-5-10(15)8-11(9)13/h3,5,8,15H,2,4,6-7H2,1H3,(H,14,16). The Morgan fingerprint density at radius 3 is 2.88 bits per heavy atom. The second-order valence-corrected chi connectivity index (χ2v) is 4.03. The molecule has 0 fully saturated rings. The second-order valence-electron chi connectivity index (χ2n) is 3.63. The molecule has 1 amide bonds. The quantitative estimate of drug-likeness (QED) is 0.832. The summed E-state index contributed by atoms with van der Waals surface area (Å²) in [7, 11) is 0. The monoisotopic (exact) mass is 241 g/mol. The average Bonchev–Trinajstić information content (AvgIpc) is 2.25. The fourth-order valence-corrected chi connectivity index (χ4v) is 1.61. The summed E-state index contributed by atoms with van der Waals surface area (Å²) in [6.07, 6.45) is 1.95. The molecule has 88 valence electrons. The van der Waals surface area contributed by atoms with E-state index in [1.807, 2.05) is 6.92 Å². The Morgan fingerprint density at radius 2 is 2.25 bits per heavy atom. The number of amides is 1. The zero-order chi connectivity index (χ0) is 12.0. The molecule has 0 bridgehead atoms. The molecule has 0 aliphatic carbocycles. The number of aryl methyl sites for hydroxylation is 1. The molecular formula is C12H16ClNO2. The van der Waals surface area contributed by atoms with E-state index in [2.05, 4.69) is 5.32 Å². The van der Waals surface area contributed by atoms with Crippen LogP contribution in [0.3, 0.4) is 0 Å². The van der Waals surface area contributed by atoms with Crippen molar-refractivity contribution in [3.8, 4) is 5.75 Å². The van der Waals surface area contributed by atoms with E-state index < -0.39 is 0 Å². The third-order valence-corrected chi connectivity index (χ3v) is 2.58. The smallest absolute Gasteiger partial charge is 0.220 e. The predicted octanol–water partition coefficient (Wildman–Crippen LogP) is 2.50. The lowest BCUT2D eigenvalue weighted by Gasteiger charge is -2.05. The molecule has 1 rings (SSSR count). The zero-order valence-electron chi connectivity index (χ0n) is 9.29. The molecule has 0 heterocycles. The van der Waals surface area contributed by atoms with Crippen LogP contribution in [0.1, 0.15) is 25.3 Å². The van der Waals surface area contributed by atoms with Crippen LogP contribution < -0.4 is 5.32 Å².